The number of ether oxygens (including phenoxy) is 1. The first-order valence-electron chi connectivity index (χ1n) is 4.41. The molecule has 0 atom stereocenters. The Hall–Kier alpha value is -0.570. The van der Waals surface area contributed by atoms with Gasteiger partial charge in [-0.3, -0.25) is 4.79 Å². The summed E-state index contributed by atoms with van der Waals surface area (Å²) in [5, 5.41) is 0. The summed E-state index contributed by atoms with van der Waals surface area (Å²) >= 11 is 0. The van der Waals surface area contributed by atoms with Gasteiger partial charge in [0, 0.05) is 0 Å². The van der Waals surface area contributed by atoms with Gasteiger partial charge in [0.05, 0.1) is 13.5 Å². The maximum atomic E-state index is 11.0. The highest BCUT2D eigenvalue weighted by atomic mass is 16.5. The van der Waals surface area contributed by atoms with Gasteiger partial charge in [0.2, 0.25) is 0 Å². The molecule has 0 spiro atoms. The largest absolute Gasteiger partial charge is 0.469 e. The number of esters is 1. The molecule has 0 aromatic heterocycles. The average molecular weight is 173 g/mol. The van der Waals surface area contributed by atoms with Crippen LogP contribution >= 0.6 is 0 Å². The first-order chi connectivity index (χ1) is 5.64. The number of rotatable bonds is 5. The maximum absolute atomic E-state index is 11.0. The molecule has 0 saturated carbocycles. The highest BCUT2D eigenvalue weighted by molar-refractivity contribution is 5.70. The van der Waals surface area contributed by atoms with Gasteiger partial charge in [-0.05, 0) is 24.8 Å². The molecule has 3 heteroatoms. The van der Waals surface area contributed by atoms with Crippen LogP contribution in [0.25, 0.3) is 0 Å². The van der Waals surface area contributed by atoms with Crippen LogP contribution in [-0.2, 0) is 9.53 Å². The number of hydrogen-bond donors (Lipinski definition) is 1. The average Bonchev–Trinajstić information content (AvgIpc) is 2.14. The van der Waals surface area contributed by atoms with Gasteiger partial charge in [0.25, 0.3) is 0 Å². The predicted octanol–water partition coefficient (Wildman–Crippen LogP) is 1.31. The maximum Gasteiger partial charge on any atom is 0.306 e. The molecular formula is C9H19NO2. The van der Waals surface area contributed by atoms with Crippen LogP contribution in [0.15, 0.2) is 0 Å². The second-order valence-electron chi connectivity index (χ2n) is 3.16. The summed E-state index contributed by atoms with van der Waals surface area (Å²) in [4.78, 5) is 11.0. The smallest absolute Gasteiger partial charge is 0.306 e. The van der Waals surface area contributed by atoms with E-state index in [0.717, 1.165) is 12.8 Å². The molecule has 0 saturated heterocycles. The van der Waals surface area contributed by atoms with E-state index in [1.807, 2.05) is 0 Å². The first kappa shape index (κ1) is 11.4. The molecule has 2 N–H and O–H groups in total. The van der Waals surface area contributed by atoms with Crippen LogP contribution in [0.2, 0.25) is 0 Å². The fourth-order valence-electron chi connectivity index (χ4n) is 1.24. The highest BCUT2D eigenvalue weighted by Gasteiger charge is 2.27. The van der Waals surface area contributed by atoms with Crippen molar-refractivity contribution in [3.63, 3.8) is 0 Å². The van der Waals surface area contributed by atoms with Gasteiger partial charge >= 0.3 is 5.97 Å². The van der Waals surface area contributed by atoms with E-state index in [1.165, 1.54) is 7.11 Å². The van der Waals surface area contributed by atoms with E-state index in [1.54, 1.807) is 0 Å². The van der Waals surface area contributed by atoms with Crippen molar-refractivity contribution in [2.45, 2.75) is 33.1 Å². The van der Waals surface area contributed by atoms with Gasteiger partial charge in [-0.2, -0.15) is 0 Å². The minimum Gasteiger partial charge on any atom is -0.469 e. The Morgan fingerprint density at radius 2 is 1.92 bits per heavy atom. The Balaban J connectivity index is 4.19. The topological polar surface area (TPSA) is 52.3 Å². The van der Waals surface area contributed by atoms with Gasteiger partial charge in [-0.25, -0.2) is 0 Å². The summed E-state index contributed by atoms with van der Waals surface area (Å²) in [6, 6.07) is 0. The van der Waals surface area contributed by atoms with Gasteiger partial charge in [-0.15, -0.1) is 0 Å². The Bertz CT molecular complexity index is 133. The van der Waals surface area contributed by atoms with E-state index in [-0.39, 0.29) is 11.4 Å². The molecule has 0 aromatic carbocycles. The van der Waals surface area contributed by atoms with Crippen LogP contribution in [0.1, 0.15) is 33.1 Å². The van der Waals surface area contributed by atoms with Crippen LogP contribution in [-0.4, -0.2) is 19.6 Å². The zero-order chi connectivity index (χ0) is 9.61. The van der Waals surface area contributed by atoms with Crippen molar-refractivity contribution in [2.75, 3.05) is 13.7 Å². The number of nitrogens with two attached hydrogens (primary N) is 1. The second-order valence-corrected chi connectivity index (χ2v) is 3.16. The zero-order valence-corrected chi connectivity index (χ0v) is 8.22. The standard InChI is InChI=1S/C9H19NO2/c1-4-9(5-2,7-10)6-8(11)12-3/h4-7,10H2,1-3H3. The molecule has 0 amide bonds. The fraction of sp³-hybridized carbons (Fsp3) is 0.889. The van der Waals surface area contributed by atoms with Crippen molar-refractivity contribution in [1.29, 1.82) is 0 Å². The minimum absolute atomic E-state index is 0.0485. The number of hydrogen-bond acceptors (Lipinski definition) is 3. The lowest BCUT2D eigenvalue weighted by atomic mass is 9.79. The normalized spacial score (nSPS) is 11.3. The molecule has 0 aliphatic heterocycles. The van der Waals surface area contributed by atoms with Crippen LogP contribution < -0.4 is 5.73 Å². The molecule has 0 bridgehead atoms. The molecule has 3 nitrogen and oxygen atoms in total. The number of methoxy groups -OCH3 is 1. The molecule has 0 rings (SSSR count). The summed E-state index contributed by atoms with van der Waals surface area (Å²) in [5.74, 6) is -0.163. The van der Waals surface area contributed by atoms with E-state index < -0.39 is 0 Å². The van der Waals surface area contributed by atoms with E-state index in [4.69, 9.17) is 5.73 Å². The van der Waals surface area contributed by atoms with E-state index >= 15 is 0 Å². The van der Waals surface area contributed by atoms with Gasteiger partial charge in [0.15, 0.2) is 0 Å². The Kier molecular flexibility index (Phi) is 4.90. The molecule has 0 unspecified atom stereocenters. The van der Waals surface area contributed by atoms with Crippen molar-refractivity contribution in [3.05, 3.63) is 0 Å². The third-order valence-electron chi connectivity index (χ3n) is 2.68. The molecular weight excluding hydrogens is 154 g/mol. The van der Waals surface area contributed by atoms with Crippen LogP contribution in [0, 0.1) is 5.41 Å². The lowest BCUT2D eigenvalue weighted by molar-refractivity contribution is -0.143. The number of carbonyl (C=O) groups excluding carboxylic acids is 1. The lowest BCUT2D eigenvalue weighted by Crippen LogP contribution is -2.32. The van der Waals surface area contributed by atoms with Crippen molar-refractivity contribution < 1.29 is 9.53 Å². The third-order valence-corrected chi connectivity index (χ3v) is 2.68. The Morgan fingerprint density at radius 3 is 2.17 bits per heavy atom. The molecule has 72 valence electrons. The molecule has 0 fully saturated rings. The van der Waals surface area contributed by atoms with E-state index in [0.29, 0.717) is 13.0 Å². The lowest BCUT2D eigenvalue weighted by Gasteiger charge is -2.28. The Labute approximate surface area is 74.3 Å². The summed E-state index contributed by atoms with van der Waals surface area (Å²) < 4.78 is 4.62. The monoisotopic (exact) mass is 173 g/mol. The highest BCUT2D eigenvalue weighted by Crippen LogP contribution is 2.29. The second kappa shape index (κ2) is 5.14. The SMILES string of the molecule is CCC(CC)(CN)CC(=O)OC. The number of carbonyl (C=O) groups is 1. The van der Waals surface area contributed by atoms with Crippen molar-refractivity contribution in [3.8, 4) is 0 Å². The summed E-state index contributed by atoms with van der Waals surface area (Å²) in [6.07, 6.45) is 2.29. The molecule has 0 radical (unpaired) electrons. The quantitative estimate of drug-likeness (QED) is 0.638. The predicted molar refractivity (Wildman–Crippen MR) is 48.7 cm³/mol. The van der Waals surface area contributed by atoms with Gasteiger partial charge in [-0.1, -0.05) is 13.8 Å². The minimum atomic E-state index is -0.163. The summed E-state index contributed by atoms with van der Waals surface area (Å²) in [7, 11) is 1.41. The molecule has 0 aliphatic rings. The van der Waals surface area contributed by atoms with E-state index in [2.05, 4.69) is 18.6 Å². The van der Waals surface area contributed by atoms with Crippen LogP contribution in [0.4, 0.5) is 0 Å². The van der Waals surface area contributed by atoms with Gasteiger partial charge < -0.3 is 10.5 Å². The van der Waals surface area contributed by atoms with E-state index in [9.17, 15) is 4.79 Å². The molecule has 0 heterocycles. The molecule has 0 aromatic rings. The van der Waals surface area contributed by atoms with Crippen LogP contribution in [0.5, 0.6) is 0 Å². The Morgan fingerprint density at radius 1 is 1.42 bits per heavy atom. The van der Waals surface area contributed by atoms with Crippen molar-refractivity contribution in [1.82, 2.24) is 0 Å². The van der Waals surface area contributed by atoms with Crippen molar-refractivity contribution >= 4 is 5.97 Å². The fourth-order valence-corrected chi connectivity index (χ4v) is 1.24. The third kappa shape index (κ3) is 2.81. The summed E-state index contributed by atoms with van der Waals surface area (Å²) in [5.41, 5.74) is 5.58. The molecule has 12 heavy (non-hydrogen) atoms. The summed E-state index contributed by atoms with van der Waals surface area (Å²) in [6.45, 7) is 4.66. The first-order valence-corrected chi connectivity index (χ1v) is 4.41. The van der Waals surface area contributed by atoms with Crippen LogP contribution in [0.3, 0.4) is 0 Å². The molecule has 0 aliphatic carbocycles. The van der Waals surface area contributed by atoms with Gasteiger partial charge in [0.1, 0.15) is 0 Å². The van der Waals surface area contributed by atoms with Crippen molar-refractivity contribution in [2.24, 2.45) is 11.1 Å². The zero-order valence-electron chi connectivity index (χ0n) is 8.22.